The fourth-order valence-corrected chi connectivity index (χ4v) is 1.81. The Kier molecular flexibility index (Phi) is 3.07. The third-order valence-electron chi connectivity index (χ3n) is 2.62. The summed E-state index contributed by atoms with van der Waals surface area (Å²) in [5.41, 5.74) is 1.07. The van der Waals surface area contributed by atoms with Gasteiger partial charge in [0.25, 0.3) is 5.91 Å². The largest absolute Gasteiger partial charge is 0.477 e. The van der Waals surface area contributed by atoms with Gasteiger partial charge >= 0.3 is 12.0 Å². The van der Waals surface area contributed by atoms with E-state index in [0.29, 0.717) is 17.1 Å². The number of hydrogen-bond acceptors (Lipinski definition) is 5. The van der Waals surface area contributed by atoms with Crippen LogP contribution < -0.4 is 5.32 Å². The number of hydrogen-bond donors (Lipinski definition) is 3. The summed E-state index contributed by atoms with van der Waals surface area (Å²) in [5.74, 6) is -1.29. The van der Waals surface area contributed by atoms with Crippen molar-refractivity contribution in [2.24, 2.45) is 0 Å². The van der Waals surface area contributed by atoms with Gasteiger partial charge in [0, 0.05) is 12.6 Å². The Morgan fingerprint density at radius 1 is 1.26 bits per heavy atom. The lowest BCUT2D eigenvalue weighted by atomic mass is 10.1. The van der Waals surface area contributed by atoms with Gasteiger partial charge in [-0.05, 0) is 19.4 Å². The standard InChI is InChI=1S/C11H12N4O4/c1-4-7(5(2)12-8(4)10(17)18)9(16)13-11-15-14-6(3)19-11/h12H,1-3H3,(H,17,18)(H,13,15,16). The summed E-state index contributed by atoms with van der Waals surface area (Å²) in [7, 11) is 0. The number of aromatic carboxylic acids is 1. The van der Waals surface area contributed by atoms with Crippen molar-refractivity contribution in [3.05, 3.63) is 28.4 Å². The van der Waals surface area contributed by atoms with Crippen LogP contribution in [0.15, 0.2) is 4.42 Å². The zero-order chi connectivity index (χ0) is 14.2. The molecule has 0 aliphatic carbocycles. The Labute approximate surface area is 107 Å². The van der Waals surface area contributed by atoms with E-state index in [-0.39, 0.29) is 17.3 Å². The average molecular weight is 264 g/mol. The van der Waals surface area contributed by atoms with Crippen LogP contribution in [0.5, 0.6) is 0 Å². The number of anilines is 1. The third-order valence-corrected chi connectivity index (χ3v) is 2.62. The maximum atomic E-state index is 12.0. The van der Waals surface area contributed by atoms with Crippen molar-refractivity contribution in [2.75, 3.05) is 5.32 Å². The minimum Gasteiger partial charge on any atom is -0.477 e. The number of aryl methyl sites for hydroxylation is 2. The van der Waals surface area contributed by atoms with Gasteiger partial charge in [0.15, 0.2) is 0 Å². The van der Waals surface area contributed by atoms with Crippen LogP contribution >= 0.6 is 0 Å². The lowest BCUT2D eigenvalue weighted by Crippen LogP contribution is -2.14. The molecule has 2 heterocycles. The summed E-state index contributed by atoms with van der Waals surface area (Å²) in [4.78, 5) is 25.7. The molecule has 8 nitrogen and oxygen atoms in total. The molecule has 0 saturated carbocycles. The van der Waals surface area contributed by atoms with Crippen LogP contribution in [-0.4, -0.2) is 32.2 Å². The van der Waals surface area contributed by atoms with Crippen LogP contribution in [0.1, 0.15) is 38.0 Å². The van der Waals surface area contributed by atoms with E-state index in [1.54, 1.807) is 20.8 Å². The summed E-state index contributed by atoms with van der Waals surface area (Å²) in [6.07, 6.45) is 0. The van der Waals surface area contributed by atoms with Crippen molar-refractivity contribution in [2.45, 2.75) is 20.8 Å². The Morgan fingerprint density at radius 2 is 1.95 bits per heavy atom. The molecule has 0 bridgehead atoms. The first-order valence-electron chi connectivity index (χ1n) is 5.44. The molecule has 19 heavy (non-hydrogen) atoms. The molecule has 0 aliphatic heterocycles. The second kappa shape index (κ2) is 4.56. The number of aromatic nitrogens is 3. The SMILES string of the molecule is Cc1nnc(NC(=O)c2c(C)[nH]c(C(=O)O)c2C)o1. The molecule has 0 aliphatic rings. The summed E-state index contributed by atoms with van der Waals surface area (Å²) in [6, 6.07) is -0.0284. The van der Waals surface area contributed by atoms with Gasteiger partial charge in [-0.2, -0.15) is 0 Å². The van der Waals surface area contributed by atoms with Gasteiger partial charge in [0.05, 0.1) is 5.56 Å². The molecule has 0 saturated heterocycles. The maximum absolute atomic E-state index is 12.0. The van der Waals surface area contributed by atoms with E-state index in [9.17, 15) is 9.59 Å². The fourth-order valence-electron chi connectivity index (χ4n) is 1.81. The van der Waals surface area contributed by atoms with Crippen molar-refractivity contribution in [1.29, 1.82) is 0 Å². The van der Waals surface area contributed by atoms with Crippen LogP contribution in [0.25, 0.3) is 0 Å². The van der Waals surface area contributed by atoms with E-state index < -0.39 is 11.9 Å². The van der Waals surface area contributed by atoms with E-state index >= 15 is 0 Å². The Hall–Kier alpha value is -2.64. The number of H-pyrrole nitrogens is 1. The molecule has 0 unspecified atom stereocenters. The molecule has 8 heteroatoms. The lowest BCUT2D eigenvalue weighted by Gasteiger charge is -2.01. The topological polar surface area (TPSA) is 121 Å². The van der Waals surface area contributed by atoms with Crippen LogP contribution in [0.2, 0.25) is 0 Å². The first kappa shape index (κ1) is 12.8. The summed E-state index contributed by atoms with van der Waals surface area (Å²) in [5, 5.41) is 18.6. The molecule has 0 atom stereocenters. The summed E-state index contributed by atoms with van der Waals surface area (Å²) >= 11 is 0. The fraction of sp³-hybridized carbons (Fsp3) is 0.273. The number of carboxylic acid groups (broad SMARTS) is 1. The Bertz CT molecular complexity index is 656. The second-order valence-corrected chi connectivity index (χ2v) is 4.01. The number of aromatic amines is 1. The molecule has 1 amide bonds. The number of carbonyl (C=O) groups is 2. The zero-order valence-electron chi connectivity index (χ0n) is 10.6. The average Bonchev–Trinajstić information content (AvgIpc) is 2.83. The molecule has 0 aromatic carbocycles. The number of nitrogens with zero attached hydrogens (tertiary/aromatic N) is 2. The van der Waals surface area contributed by atoms with E-state index in [4.69, 9.17) is 9.52 Å². The molecule has 3 N–H and O–H groups in total. The number of carboxylic acids is 1. The highest BCUT2D eigenvalue weighted by atomic mass is 16.4. The number of rotatable bonds is 3. The van der Waals surface area contributed by atoms with Gasteiger partial charge in [-0.15, -0.1) is 5.10 Å². The van der Waals surface area contributed by atoms with Gasteiger partial charge in [0.1, 0.15) is 5.69 Å². The Morgan fingerprint density at radius 3 is 2.42 bits per heavy atom. The predicted molar refractivity (Wildman–Crippen MR) is 64.2 cm³/mol. The molecular weight excluding hydrogens is 252 g/mol. The van der Waals surface area contributed by atoms with Crippen LogP contribution in [0, 0.1) is 20.8 Å². The van der Waals surface area contributed by atoms with Gasteiger partial charge in [-0.3, -0.25) is 10.1 Å². The first-order valence-corrected chi connectivity index (χ1v) is 5.44. The van der Waals surface area contributed by atoms with Crippen LogP contribution in [-0.2, 0) is 0 Å². The van der Waals surface area contributed by atoms with Crippen LogP contribution in [0.3, 0.4) is 0 Å². The van der Waals surface area contributed by atoms with E-state index in [2.05, 4.69) is 20.5 Å². The van der Waals surface area contributed by atoms with Gasteiger partial charge < -0.3 is 14.5 Å². The molecular formula is C11H12N4O4. The Balaban J connectivity index is 2.31. The zero-order valence-corrected chi connectivity index (χ0v) is 10.6. The monoisotopic (exact) mass is 264 g/mol. The molecule has 0 radical (unpaired) electrons. The smallest absolute Gasteiger partial charge is 0.352 e. The summed E-state index contributed by atoms with van der Waals surface area (Å²) < 4.78 is 5.03. The predicted octanol–water partition coefficient (Wildman–Crippen LogP) is 1.27. The van der Waals surface area contributed by atoms with E-state index in [1.165, 1.54) is 0 Å². The minimum absolute atomic E-state index is 0.00985. The van der Waals surface area contributed by atoms with Crippen LogP contribution in [0.4, 0.5) is 6.01 Å². The number of nitrogens with one attached hydrogen (secondary N) is 2. The first-order chi connectivity index (χ1) is 8.90. The van der Waals surface area contributed by atoms with Crippen molar-refractivity contribution in [3.8, 4) is 0 Å². The van der Waals surface area contributed by atoms with Gasteiger partial charge in [-0.25, -0.2) is 4.79 Å². The molecule has 2 aromatic rings. The second-order valence-electron chi connectivity index (χ2n) is 4.01. The highest BCUT2D eigenvalue weighted by molar-refractivity contribution is 6.07. The molecule has 2 aromatic heterocycles. The summed E-state index contributed by atoms with van der Waals surface area (Å²) in [6.45, 7) is 4.77. The number of carbonyl (C=O) groups excluding carboxylic acids is 1. The number of amides is 1. The highest BCUT2D eigenvalue weighted by Crippen LogP contribution is 2.19. The maximum Gasteiger partial charge on any atom is 0.352 e. The normalized spacial score (nSPS) is 10.5. The molecule has 0 spiro atoms. The molecule has 2 rings (SSSR count). The van der Waals surface area contributed by atoms with E-state index in [1.807, 2.05) is 0 Å². The van der Waals surface area contributed by atoms with Crippen molar-refractivity contribution in [1.82, 2.24) is 15.2 Å². The van der Waals surface area contributed by atoms with Gasteiger partial charge in [-0.1, -0.05) is 5.10 Å². The lowest BCUT2D eigenvalue weighted by molar-refractivity contribution is 0.0690. The third kappa shape index (κ3) is 2.32. The van der Waals surface area contributed by atoms with Gasteiger partial charge in [0.2, 0.25) is 5.89 Å². The highest BCUT2D eigenvalue weighted by Gasteiger charge is 2.22. The van der Waals surface area contributed by atoms with Crippen molar-refractivity contribution < 1.29 is 19.1 Å². The van der Waals surface area contributed by atoms with E-state index in [0.717, 1.165) is 0 Å². The quantitative estimate of drug-likeness (QED) is 0.767. The van der Waals surface area contributed by atoms with Crippen molar-refractivity contribution >= 4 is 17.9 Å². The molecule has 0 fully saturated rings. The van der Waals surface area contributed by atoms with Crippen molar-refractivity contribution in [3.63, 3.8) is 0 Å². The molecule has 100 valence electrons. The minimum atomic E-state index is -1.12.